The molecular weight excluding hydrogens is 156 g/mol. The molecule has 1 aromatic heterocycles. The molecule has 0 spiro atoms. The molecule has 12 heavy (non-hydrogen) atoms. The molecule has 0 saturated heterocycles. The molecule has 0 aliphatic heterocycles. The van der Waals surface area contributed by atoms with Crippen molar-refractivity contribution in [2.75, 3.05) is 6.61 Å². The van der Waals surface area contributed by atoms with Gasteiger partial charge in [-0.25, -0.2) is 0 Å². The lowest BCUT2D eigenvalue weighted by atomic mass is 10.5. The first-order valence-electron chi connectivity index (χ1n) is 3.49. The average Bonchev–Trinajstić information content (AvgIpc) is 2.57. The maximum atomic E-state index is 8.15. The summed E-state index contributed by atoms with van der Waals surface area (Å²) in [4.78, 5) is 4.73. The first-order chi connectivity index (χ1) is 5.93. The van der Waals surface area contributed by atoms with E-state index in [1.54, 1.807) is 18.4 Å². The van der Waals surface area contributed by atoms with E-state index in [-0.39, 0.29) is 0 Å². The SMILES string of the molecule is N#CCCO/N=C\c1ccco1. The van der Waals surface area contributed by atoms with Gasteiger partial charge in [0.25, 0.3) is 0 Å². The van der Waals surface area contributed by atoms with Gasteiger partial charge in [-0.1, -0.05) is 5.16 Å². The zero-order valence-electron chi connectivity index (χ0n) is 6.43. The molecule has 0 unspecified atom stereocenters. The normalized spacial score (nSPS) is 9.92. The van der Waals surface area contributed by atoms with Gasteiger partial charge in [-0.3, -0.25) is 0 Å². The lowest BCUT2D eigenvalue weighted by molar-refractivity contribution is 0.151. The van der Waals surface area contributed by atoms with Crippen LogP contribution in [-0.4, -0.2) is 12.8 Å². The summed E-state index contributed by atoms with van der Waals surface area (Å²) >= 11 is 0. The zero-order valence-corrected chi connectivity index (χ0v) is 6.43. The number of rotatable bonds is 4. The van der Waals surface area contributed by atoms with Crippen LogP contribution in [0, 0.1) is 11.3 Å². The van der Waals surface area contributed by atoms with Crippen molar-refractivity contribution >= 4 is 6.21 Å². The fraction of sp³-hybridized carbons (Fsp3) is 0.250. The minimum atomic E-state index is 0.313. The van der Waals surface area contributed by atoms with Gasteiger partial charge in [0.2, 0.25) is 0 Å². The van der Waals surface area contributed by atoms with Crippen molar-refractivity contribution in [1.82, 2.24) is 0 Å². The molecule has 0 atom stereocenters. The zero-order chi connectivity index (χ0) is 8.65. The molecule has 4 nitrogen and oxygen atoms in total. The summed E-state index contributed by atoms with van der Waals surface area (Å²) in [5.41, 5.74) is 0. The average molecular weight is 164 g/mol. The maximum absolute atomic E-state index is 8.15. The molecule has 62 valence electrons. The quantitative estimate of drug-likeness (QED) is 0.385. The molecule has 0 aromatic carbocycles. The summed E-state index contributed by atoms with van der Waals surface area (Å²) in [6.45, 7) is 0.313. The van der Waals surface area contributed by atoms with Gasteiger partial charge in [-0.2, -0.15) is 5.26 Å². The highest BCUT2D eigenvalue weighted by atomic mass is 16.6. The van der Waals surface area contributed by atoms with Crippen LogP contribution in [0.2, 0.25) is 0 Å². The van der Waals surface area contributed by atoms with Crippen LogP contribution in [0.15, 0.2) is 28.0 Å². The first kappa shape index (κ1) is 8.34. The number of hydrogen-bond acceptors (Lipinski definition) is 4. The van der Waals surface area contributed by atoms with Crippen LogP contribution < -0.4 is 0 Å². The third-order valence-corrected chi connectivity index (χ3v) is 1.10. The van der Waals surface area contributed by atoms with Gasteiger partial charge >= 0.3 is 0 Å². The molecule has 0 radical (unpaired) electrons. The lowest BCUT2D eigenvalue weighted by Gasteiger charge is -1.90. The Labute approximate surface area is 70.0 Å². The highest BCUT2D eigenvalue weighted by molar-refractivity contribution is 5.74. The predicted octanol–water partition coefficient (Wildman–Crippen LogP) is 1.54. The van der Waals surface area contributed by atoms with Crippen LogP contribution in [0.25, 0.3) is 0 Å². The summed E-state index contributed by atoms with van der Waals surface area (Å²) in [7, 11) is 0. The number of nitriles is 1. The lowest BCUT2D eigenvalue weighted by Crippen LogP contribution is -1.85. The van der Waals surface area contributed by atoms with Crippen molar-refractivity contribution in [2.45, 2.75) is 6.42 Å². The second-order valence-corrected chi connectivity index (χ2v) is 1.99. The highest BCUT2D eigenvalue weighted by Gasteiger charge is 1.87. The summed E-state index contributed by atoms with van der Waals surface area (Å²) in [6.07, 6.45) is 3.35. The van der Waals surface area contributed by atoms with E-state index in [9.17, 15) is 0 Å². The molecule has 1 aromatic rings. The summed E-state index contributed by atoms with van der Waals surface area (Å²) < 4.78 is 4.95. The monoisotopic (exact) mass is 164 g/mol. The number of nitrogens with zero attached hydrogens (tertiary/aromatic N) is 2. The minimum Gasteiger partial charge on any atom is -0.463 e. The maximum Gasteiger partial charge on any atom is 0.148 e. The Morgan fingerprint density at radius 2 is 2.67 bits per heavy atom. The van der Waals surface area contributed by atoms with Crippen molar-refractivity contribution in [1.29, 1.82) is 5.26 Å². The molecule has 1 heterocycles. The third kappa shape index (κ3) is 2.88. The van der Waals surface area contributed by atoms with Gasteiger partial charge in [0.15, 0.2) is 0 Å². The summed E-state index contributed by atoms with van der Waals surface area (Å²) in [5.74, 6) is 0.631. The molecular formula is C8H8N2O2. The summed E-state index contributed by atoms with van der Waals surface area (Å²) in [6, 6.07) is 5.46. The van der Waals surface area contributed by atoms with E-state index < -0.39 is 0 Å². The van der Waals surface area contributed by atoms with E-state index in [2.05, 4.69) is 5.16 Å². The van der Waals surface area contributed by atoms with E-state index >= 15 is 0 Å². The van der Waals surface area contributed by atoms with E-state index in [0.717, 1.165) is 0 Å². The van der Waals surface area contributed by atoms with Crippen LogP contribution in [-0.2, 0) is 4.84 Å². The molecule has 0 saturated carbocycles. The third-order valence-electron chi connectivity index (χ3n) is 1.10. The van der Waals surface area contributed by atoms with Gasteiger partial charge in [-0.05, 0) is 12.1 Å². The Hall–Kier alpha value is -1.76. The smallest absolute Gasteiger partial charge is 0.148 e. The van der Waals surface area contributed by atoms with Crippen LogP contribution in [0.3, 0.4) is 0 Å². The van der Waals surface area contributed by atoms with Crippen LogP contribution in [0.5, 0.6) is 0 Å². The number of furan rings is 1. The minimum absolute atomic E-state index is 0.313. The second kappa shape index (κ2) is 4.97. The van der Waals surface area contributed by atoms with Crippen LogP contribution in [0.1, 0.15) is 12.2 Å². The Bertz CT molecular complexity index is 272. The Balaban J connectivity index is 2.20. The van der Waals surface area contributed by atoms with E-state index in [4.69, 9.17) is 14.5 Å². The second-order valence-electron chi connectivity index (χ2n) is 1.99. The van der Waals surface area contributed by atoms with Gasteiger partial charge in [0.1, 0.15) is 18.6 Å². The van der Waals surface area contributed by atoms with Crippen LogP contribution >= 0.6 is 0 Å². The highest BCUT2D eigenvalue weighted by Crippen LogP contribution is 1.95. The van der Waals surface area contributed by atoms with Crippen molar-refractivity contribution in [3.63, 3.8) is 0 Å². The van der Waals surface area contributed by atoms with Gasteiger partial charge < -0.3 is 9.25 Å². The van der Waals surface area contributed by atoms with Gasteiger partial charge in [0.05, 0.1) is 18.8 Å². The summed E-state index contributed by atoms with van der Waals surface area (Å²) in [5, 5.41) is 11.7. The van der Waals surface area contributed by atoms with E-state index in [1.807, 2.05) is 6.07 Å². The van der Waals surface area contributed by atoms with Crippen molar-refractivity contribution in [3.05, 3.63) is 24.2 Å². The molecule has 0 aliphatic rings. The standard InChI is InChI=1S/C8H8N2O2/c9-4-2-6-12-10-7-8-3-1-5-11-8/h1,3,5,7H,2,6H2/b10-7-. The largest absolute Gasteiger partial charge is 0.463 e. The van der Waals surface area contributed by atoms with E-state index in [1.165, 1.54) is 6.21 Å². The Morgan fingerprint density at radius 1 is 1.75 bits per heavy atom. The Morgan fingerprint density at radius 3 is 3.33 bits per heavy atom. The first-order valence-corrected chi connectivity index (χ1v) is 3.49. The van der Waals surface area contributed by atoms with Gasteiger partial charge in [0, 0.05) is 0 Å². The van der Waals surface area contributed by atoms with Gasteiger partial charge in [-0.15, -0.1) is 0 Å². The molecule has 0 amide bonds. The molecule has 1 rings (SSSR count). The molecule has 0 fully saturated rings. The van der Waals surface area contributed by atoms with Crippen LogP contribution in [0.4, 0.5) is 0 Å². The fourth-order valence-corrected chi connectivity index (χ4v) is 0.598. The van der Waals surface area contributed by atoms with Crippen molar-refractivity contribution in [3.8, 4) is 6.07 Å². The number of oxime groups is 1. The van der Waals surface area contributed by atoms with Crippen molar-refractivity contribution in [2.24, 2.45) is 5.16 Å². The van der Waals surface area contributed by atoms with Crippen molar-refractivity contribution < 1.29 is 9.25 Å². The molecule has 0 N–H and O–H groups in total. The molecule has 0 bridgehead atoms. The molecule has 4 heteroatoms. The Kier molecular flexibility index (Phi) is 3.45. The predicted molar refractivity (Wildman–Crippen MR) is 42.5 cm³/mol. The van der Waals surface area contributed by atoms with E-state index in [0.29, 0.717) is 18.8 Å². The fourth-order valence-electron chi connectivity index (χ4n) is 0.598. The molecule has 0 aliphatic carbocycles. The topological polar surface area (TPSA) is 58.5 Å². The number of hydrogen-bond donors (Lipinski definition) is 0.